The number of likely N-dealkylation sites (tertiary alicyclic amines) is 1. The second-order valence-electron chi connectivity index (χ2n) is 9.69. The molecule has 4 rings (SSSR count). The summed E-state index contributed by atoms with van der Waals surface area (Å²) in [6.07, 6.45) is 2.78. The number of amides is 1. The second-order valence-corrected chi connectivity index (χ2v) is 9.69. The molecule has 2 atom stereocenters. The third kappa shape index (κ3) is 6.66. The smallest absolute Gasteiger partial charge is 0.328 e. The highest BCUT2D eigenvalue weighted by molar-refractivity contribution is 6.09. The predicted octanol–water partition coefficient (Wildman–Crippen LogP) is 5.21. The number of piperidine rings is 1. The third-order valence-electron chi connectivity index (χ3n) is 7.20. The zero-order valence-electron chi connectivity index (χ0n) is 22.7. The zero-order chi connectivity index (χ0) is 27.8. The second kappa shape index (κ2) is 13.1. The van der Waals surface area contributed by atoms with E-state index >= 15 is 0 Å². The highest BCUT2D eigenvalue weighted by Crippen LogP contribution is 2.28. The van der Waals surface area contributed by atoms with Crippen molar-refractivity contribution in [2.75, 3.05) is 27.4 Å². The van der Waals surface area contributed by atoms with Crippen molar-refractivity contribution < 1.29 is 28.6 Å². The molecule has 0 aromatic heterocycles. The summed E-state index contributed by atoms with van der Waals surface area (Å²) in [7, 11) is 3.16. The van der Waals surface area contributed by atoms with Crippen LogP contribution in [0, 0.1) is 0 Å². The fourth-order valence-electron chi connectivity index (χ4n) is 4.94. The maximum atomic E-state index is 13.6. The lowest BCUT2D eigenvalue weighted by atomic mass is 9.93. The number of rotatable bonds is 10. The van der Waals surface area contributed by atoms with Gasteiger partial charge in [0.25, 0.3) is 0 Å². The topological polar surface area (TPSA) is 82.1 Å². The van der Waals surface area contributed by atoms with Crippen molar-refractivity contribution in [2.45, 2.75) is 44.6 Å². The number of benzene rings is 3. The molecule has 1 aliphatic heterocycles. The van der Waals surface area contributed by atoms with Crippen LogP contribution in [0.3, 0.4) is 0 Å². The molecule has 3 aromatic carbocycles. The molecule has 0 bridgehead atoms. The number of ether oxygens (including phenoxy) is 3. The van der Waals surface area contributed by atoms with Crippen LogP contribution in [0.1, 0.15) is 59.2 Å². The van der Waals surface area contributed by atoms with Crippen LogP contribution in [0.5, 0.6) is 11.5 Å². The summed E-state index contributed by atoms with van der Waals surface area (Å²) in [5.41, 5.74) is 2.83. The van der Waals surface area contributed by atoms with Gasteiger partial charge in [0.2, 0.25) is 5.91 Å². The first-order valence-corrected chi connectivity index (χ1v) is 13.3. The number of esters is 1. The largest absolute Gasteiger partial charge is 0.493 e. The van der Waals surface area contributed by atoms with Crippen molar-refractivity contribution >= 4 is 17.7 Å². The van der Waals surface area contributed by atoms with Crippen LogP contribution in [-0.2, 0) is 20.7 Å². The summed E-state index contributed by atoms with van der Waals surface area (Å²) in [6, 6.07) is 21.2. The molecule has 7 nitrogen and oxygen atoms in total. The fourth-order valence-corrected chi connectivity index (χ4v) is 4.94. The van der Waals surface area contributed by atoms with Crippen LogP contribution in [0.4, 0.5) is 0 Å². The number of methoxy groups -OCH3 is 2. The average Bonchev–Trinajstić information content (AvgIpc) is 3.00. The number of carbonyl (C=O) groups is 3. The molecular formula is C32H35NO6. The van der Waals surface area contributed by atoms with E-state index in [1.807, 2.05) is 49.4 Å². The van der Waals surface area contributed by atoms with E-state index < -0.39 is 12.0 Å². The van der Waals surface area contributed by atoms with E-state index in [4.69, 9.17) is 14.2 Å². The summed E-state index contributed by atoms with van der Waals surface area (Å²) in [6.45, 7) is 2.52. The van der Waals surface area contributed by atoms with Crippen molar-refractivity contribution in [3.05, 3.63) is 95.1 Å². The van der Waals surface area contributed by atoms with Crippen LogP contribution in [0.15, 0.2) is 72.8 Å². The van der Waals surface area contributed by atoms with Gasteiger partial charge in [0.15, 0.2) is 17.3 Å². The minimum Gasteiger partial charge on any atom is -0.493 e. The van der Waals surface area contributed by atoms with Gasteiger partial charge in [0.1, 0.15) is 6.04 Å². The van der Waals surface area contributed by atoms with E-state index in [0.717, 1.165) is 24.0 Å². The first-order chi connectivity index (χ1) is 18.9. The van der Waals surface area contributed by atoms with Crippen molar-refractivity contribution in [3.63, 3.8) is 0 Å². The first kappa shape index (κ1) is 27.9. The molecule has 7 heteroatoms. The number of carbonyl (C=O) groups excluding carboxylic acids is 3. The van der Waals surface area contributed by atoms with E-state index in [1.54, 1.807) is 49.5 Å². The van der Waals surface area contributed by atoms with Crippen molar-refractivity contribution in [3.8, 4) is 11.5 Å². The third-order valence-corrected chi connectivity index (χ3v) is 7.20. The molecule has 0 aliphatic carbocycles. The maximum Gasteiger partial charge on any atom is 0.328 e. The Labute approximate surface area is 229 Å². The molecule has 39 heavy (non-hydrogen) atoms. The Morgan fingerprint density at radius 3 is 2.36 bits per heavy atom. The average molecular weight is 530 g/mol. The fraction of sp³-hybridized carbons (Fsp3) is 0.344. The standard InChI is InChI=1S/C32H35NO6/c1-22(25-12-9-13-26(21-25)30(34)24-10-5-4-6-11-24)31(35)33-18-8-7-14-27(33)32(36)39-19-17-23-15-16-28(37-2)29(20-23)38-3/h4-6,9-13,15-16,20-22,27H,7-8,14,17-19H2,1-3H3. The number of nitrogens with zero attached hydrogens (tertiary/aromatic N) is 1. The van der Waals surface area contributed by atoms with Crippen molar-refractivity contribution in [2.24, 2.45) is 0 Å². The molecule has 0 saturated carbocycles. The monoisotopic (exact) mass is 529 g/mol. The molecule has 204 valence electrons. The Morgan fingerprint density at radius 1 is 0.872 bits per heavy atom. The van der Waals surface area contributed by atoms with Crippen LogP contribution >= 0.6 is 0 Å². The lowest BCUT2D eigenvalue weighted by Crippen LogP contribution is -2.50. The van der Waals surface area contributed by atoms with Gasteiger partial charge in [0, 0.05) is 24.1 Å². The highest BCUT2D eigenvalue weighted by Gasteiger charge is 2.35. The minimum atomic E-state index is -0.617. The molecule has 1 heterocycles. The molecule has 1 saturated heterocycles. The summed E-state index contributed by atoms with van der Waals surface area (Å²) in [5.74, 6) is 0.136. The summed E-state index contributed by atoms with van der Waals surface area (Å²) in [4.78, 5) is 41.3. The first-order valence-electron chi connectivity index (χ1n) is 13.3. The minimum absolute atomic E-state index is 0.0917. The SMILES string of the molecule is COc1ccc(CCOC(=O)C2CCCCN2C(=O)C(C)c2cccc(C(=O)c3ccccc3)c2)cc1OC. The van der Waals surface area contributed by atoms with E-state index in [2.05, 4.69) is 0 Å². The Hall–Kier alpha value is -4.13. The molecule has 1 amide bonds. The molecular weight excluding hydrogens is 494 g/mol. The van der Waals surface area contributed by atoms with Crippen LogP contribution in [0.25, 0.3) is 0 Å². The van der Waals surface area contributed by atoms with Gasteiger partial charge in [-0.3, -0.25) is 9.59 Å². The normalized spacial score (nSPS) is 15.8. The maximum absolute atomic E-state index is 13.6. The quantitative estimate of drug-likeness (QED) is 0.265. The van der Waals surface area contributed by atoms with E-state index in [1.165, 1.54) is 0 Å². The molecule has 1 aliphatic rings. The highest BCUT2D eigenvalue weighted by atomic mass is 16.5. The van der Waals surface area contributed by atoms with Gasteiger partial charge in [-0.1, -0.05) is 54.6 Å². The molecule has 2 unspecified atom stereocenters. The van der Waals surface area contributed by atoms with E-state index in [0.29, 0.717) is 42.0 Å². The zero-order valence-corrected chi connectivity index (χ0v) is 22.7. The van der Waals surface area contributed by atoms with Gasteiger partial charge in [-0.2, -0.15) is 0 Å². The van der Waals surface area contributed by atoms with Gasteiger partial charge >= 0.3 is 5.97 Å². The number of ketones is 1. The Morgan fingerprint density at radius 2 is 1.62 bits per heavy atom. The van der Waals surface area contributed by atoms with E-state index in [-0.39, 0.29) is 24.3 Å². The van der Waals surface area contributed by atoms with Gasteiger partial charge in [-0.25, -0.2) is 4.79 Å². The lowest BCUT2D eigenvalue weighted by molar-refractivity contribution is -0.157. The molecule has 3 aromatic rings. The number of hydrogen-bond acceptors (Lipinski definition) is 6. The van der Waals surface area contributed by atoms with E-state index in [9.17, 15) is 14.4 Å². The van der Waals surface area contributed by atoms with Crippen LogP contribution in [-0.4, -0.2) is 56.0 Å². The van der Waals surface area contributed by atoms with Gasteiger partial charge in [-0.05, 0) is 55.5 Å². The molecule has 0 N–H and O–H groups in total. The van der Waals surface area contributed by atoms with Gasteiger partial charge in [-0.15, -0.1) is 0 Å². The van der Waals surface area contributed by atoms with Crippen molar-refractivity contribution in [1.82, 2.24) is 4.90 Å². The summed E-state index contributed by atoms with van der Waals surface area (Å²) >= 11 is 0. The molecule has 0 radical (unpaired) electrons. The van der Waals surface area contributed by atoms with Crippen molar-refractivity contribution in [1.29, 1.82) is 0 Å². The molecule has 1 fully saturated rings. The Bertz CT molecular complexity index is 1310. The Balaban J connectivity index is 1.40. The van der Waals surface area contributed by atoms with Crippen LogP contribution in [0.2, 0.25) is 0 Å². The lowest BCUT2D eigenvalue weighted by Gasteiger charge is -2.35. The summed E-state index contributed by atoms with van der Waals surface area (Å²) in [5, 5.41) is 0. The number of hydrogen-bond donors (Lipinski definition) is 0. The van der Waals surface area contributed by atoms with Gasteiger partial charge < -0.3 is 19.1 Å². The Kier molecular flexibility index (Phi) is 9.36. The predicted molar refractivity (Wildman–Crippen MR) is 148 cm³/mol. The van der Waals surface area contributed by atoms with Crippen LogP contribution < -0.4 is 9.47 Å². The molecule has 0 spiro atoms. The van der Waals surface area contributed by atoms with Gasteiger partial charge in [0.05, 0.1) is 26.7 Å². The summed E-state index contributed by atoms with van der Waals surface area (Å²) < 4.78 is 16.2.